The minimum absolute atomic E-state index is 0.0147. The molecule has 1 fully saturated rings. The predicted molar refractivity (Wildman–Crippen MR) is 76.8 cm³/mol. The van der Waals surface area contributed by atoms with Crippen LogP contribution >= 0.6 is 0 Å². The van der Waals surface area contributed by atoms with E-state index in [0.29, 0.717) is 11.4 Å². The smallest absolute Gasteiger partial charge is 0.240 e. The third-order valence-corrected chi connectivity index (χ3v) is 5.15. The van der Waals surface area contributed by atoms with Crippen molar-refractivity contribution in [3.63, 3.8) is 0 Å². The Morgan fingerprint density at radius 2 is 2.00 bits per heavy atom. The van der Waals surface area contributed by atoms with Crippen LogP contribution in [-0.2, 0) is 22.9 Å². The Morgan fingerprint density at radius 3 is 2.58 bits per heavy atom. The standard InChI is InChI=1S/C14H22N2O2S/c1-3-11-5-6-14(9-12(11)4-2)19(17,18)16-13-7-8-15-10-13/h5-6,9,13,15-16H,3-4,7-8,10H2,1-2H3/t13-/m0/s1. The van der Waals surface area contributed by atoms with Crippen LogP contribution in [0.5, 0.6) is 0 Å². The van der Waals surface area contributed by atoms with E-state index in [-0.39, 0.29) is 6.04 Å². The number of benzene rings is 1. The Bertz CT molecular complexity index is 534. The molecule has 0 bridgehead atoms. The molecule has 1 aliphatic rings. The van der Waals surface area contributed by atoms with E-state index in [0.717, 1.165) is 31.4 Å². The zero-order chi connectivity index (χ0) is 13.9. The van der Waals surface area contributed by atoms with Gasteiger partial charge in [-0.3, -0.25) is 0 Å². The summed E-state index contributed by atoms with van der Waals surface area (Å²) in [6.07, 6.45) is 2.65. The van der Waals surface area contributed by atoms with Crippen molar-refractivity contribution in [2.24, 2.45) is 0 Å². The molecule has 106 valence electrons. The number of hydrogen-bond donors (Lipinski definition) is 2. The fourth-order valence-electron chi connectivity index (χ4n) is 2.49. The van der Waals surface area contributed by atoms with E-state index in [2.05, 4.69) is 23.9 Å². The highest BCUT2D eigenvalue weighted by molar-refractivity contribution is 7.89. The summed E-state index contributed by atoms with van der Waals surface area (Å²) in [5.41, 5.74) is 2.35. The van der Waals surface area contributed by atoms with Crippen LogP contribution < -0.4 is 10.0 Å². The minimum Gasteiger partial charge on any atom is -0.315 e. The number of aryl methyl sites for hydroxylation is 2. The molecule has 2 N–H and O–H groups in total. The monoisotopic (exact) mass is 282 g/mol. The molecular formula is C14H22N2O2S. The van der Waals surface area contributed by atoms with Gasteiger partial charge in [-0.15, -0.1) is 0 Å². The summed E-state index contributed by atoms with van der Waals surface area (Å²) in [6.45, 7) is 5.74. The van der Waals surface area contributed by atoms with E-state index in [1.165, 1.54) is 5.56 Å². The van der Waals surface area contributed by atoms with Crippen molar-refractivity contribution in [2.45, 2.75) is 44.0 Å². The van der Waals surface area contributed by atoms with Gasteiger partial charge >= 0.3 is 0 Å². The molecule has 1 saturated heterocycles. The van der Waals surface area contributed by atoms with E-state index < -0.39 is 10.0 Å². The highest BCUT2D eigenvalue weighted by Crippen LogP contribution is 2.18. The molecule has 1 aromatic carbocycles. The third kappa shape index (κ3) is 3.35. The molecule has 1 atom stereocenters. The second-order valence-corrected chi connectivity index (χ2v) is 6.66. The van der Waals surface area contributed by atoms with Crippen LogP contribution in [0.25, 0.3) is 0 Å². The van der Waals surface area contributed by atoms with Gasteiger partial charge in [0, 0.05) is 12.6 Å². The van der Waals surface area contributed by atoms with E-state index in [9.17, 15) is 8.42 Å². The summed E-state index contributed by atoms with van der Waals surface area (Å²) in [5, 5.41) is 3.16. The van der Waals surface area contributed by atoms with Gasteiger partial charge in [0.05, 0.1) is 4.90 Å². The van der Waals surface area contributed by atoms with Crippen LogP contribution in [0.15, 0.2) is 23.1 Å². The first-order chi connectivity index (χ1) is 9.06. The second-order valence-electron chi connectivity index (χ2n) is 4.95. The molecule has 4 nitrogen and oxygen atoms in total. The predicted octanol–water partition coefficient (Wildman–Crippen LogP) is 1.45. The van der Waals surface area contributed by atoms with Crippen molar-refractivity contribution < 1.29 is 8.42 Å². The molecule has 1 aromatic rings. The SMILES string of the molecule is CCc1ccc(S(=O)(=O)N[C@H]2CCNC2)cc1CC. The third-order valence-electron chi connectivity index (χ3n) is 3.63. The van der Waals surface area contributed by atoms with Crippen LogP contribution in [-0.4, -0.2) is 27.5 Å². The molecular weight excluding hydrogens is 260 g/mol. The molecule has 2 rings (SSSR count). The fourth-order valence-corrected chi connectivity index (χ4v) is 3.81. The van der Waals surface area contributed by atoms with E-state index in [1.807, 2.05) is 12.1 Å². The average molecular weight is 282 g/mol. The van der Waals surface area contributed by atoms with Crippen molar-refractivity contribution in [1.29, 1.82) is 0 Å². The van der Waals surface area contributed by atoms with Crippen molar-refractivity contribution in [3.8, 4) is 0 Å². The van der Waals surface area contributed by atoms with Crippen LogP contribution in [0.3, 0.4) is 0 Å². The molecule has 0 aromatic heterocycles. The van der Waals surface area contributed by atoms with Crippen LogP contribution in [0.4, 0.5) is 0 Å². The van der Waals surface area contributed by atoms with E-state index in [4.69, 9.17) is 0 Å². The maximum atomic E-state index is 12.3. The Labute approximate surface area is 115 Å². The molecule has 1 heterocycles. The van der Waals surface area contributed by atoms with Crippen LogP contribution in [0.2, 0.25) is 0 Å². The maximum Gasteiger partial charge on any atom is 0.240 e. The molecule has 0 spiro atoms. The van der Waals surface area contributed by atoms with Gasteiger partial charge in [0.15, 0.2) is 0 Å². The van der Waals surface area contributed by atoms with Crippen LogP contribution in [0, 0.1) is 0 Å². The lowest BCUT2D eigenvalue weighted by Crippen LogP contribution is -2.36. The lowest BCUT2D eigenvalue weighted by atomic mass is 10.0. The molecule has 0 amide bonds. The Kier molecular flexibility index (Phi) is 4.60. The number of sulfonamides is 1. The largest absolute Gasteiger partial charge is 0.315 e. The summed E-state index contributed by atoms with van der Waals surface area (Å²) >= 11 is 0. The van der Waals surface area contributed by atoms with Crippen molar-refractivity contribution in [2.75, 3.05) is 13.1 Å². The number of hydrogen-bond acceptors (Lipinski definition) is 3. The van der Waals surface area contributed by atoms with Crippen molar-refractivity contribution >= 4 is 10.0 Å². The van der Waals surface area contributed by atoms with E-state index >= 15 is 0 Å². The molecule has 1 aliphatic heterocycles. The minimum atomic E-state index is -3.39. The summed E-state index contributed by atoms with van der Waals surface area (Å²) in [5.74, 6) is 0. The van der Waals surface area contributed by atoms with Crippen LogP contribution in [0.1, 0.15) is 31.4 Å². The first kappa shape index (κ1) is 14.5. The normalized spacial score (nSPS) is 19.8. The average Bonchev–Trinajstić information content (AvgIpc) is 2.89. The van der Waals surface area contributed by atoms with Gasteiger partial charge in [-0.1, -0.05) is 19.9 Å². The van der Waals surface area contributed by atoms with Crippen molar-refractivity contribution in [3.05, 3.63) is 29.3 Å². The van der Waals surface area contributed by atoms with Gasteiger partial charge in [0.25, 0.3) is 0 Å². The summed E-state index contributed by atoms with van der Waals surface area (Å²) in [7, 11) is -3.39. The van der Waals surface area contributed by atoms with Gasteiger partial charge < -0.3 is 5.32 Å². The zero-order valence-corrected chi connectivity index (χ0v) is 12.4. The zero-order valence-electron chi connectivity index (χ0n) is 11.6. The summed E-state index contributed by atoms with van der Waals surface area (Å²) in [6, 6.07) is 5.47. The molecule has 0 saturated carbocycles. The van der Waals surface area contributed by atoms with Gasteiger partial charge in [0.1, 0.15) is 0 Å². The molecule has 0 radical (unpaired) electrons. The Hall–Kier alpha value is -0.910. The molecule has 19 heavy (non-hydrogen) atoms. The topological polar surface area (TPSA) is 58.2 Å². The maximum absolute atomic E-state index is 12.3. The summed E-state index contributed by atoms with van der Waals surface area (Å²) < 4.78 is 27.4. The van der Waals surface area contributed by atoms with Gasteiger partial charge in [-0.2, -0.15) is 0 Å². The highest BCUT2D eigenvalue weighted by Gasteiger charge is 2.23. The van der Waals surface area contributed by atoms with E-state index in [1.54, 1.807) is 6.07 Å². The highest BCUT2D eigenvalue weighted by atomic mass is 32.2. The number of rotatable bonds is 5. The second kappa shape index (κ2) is 6.03. The van der Waals surface area contributed by atoms with Gasteiger partial charge in [-0.25, -0.2) is 13.1 Å². The summed E-state index contributed by atoms with van der Waals surface area (Å²) in [4.78, 5) is 0.383. The quantitative estimate of drug-likeness (QED) is 0.859. The first-order valence-corrected chi connectivity index (χ1v) is 8.40. The molecule has 0 aliphatic carbocycles. The Morgan fingerprint density at radius 1 is 1.26 bits per heavy atom. The number of nitrogens with one attached hydrogen (secondary N) is 2. The van der Waals surface area contributed by atoms with Gasteiger partial charge in [0.2, 0.25) is 10.0 Å². The van der Waals surface area contributed by atoms with Crippen molar-refractivity contribution in [1.82, 2.24) is 10.0 Å². The lowest BCUT2D eigenvalue weighted by Gasteiger charge is -2.14. The first-order valence-electron chi connectivity index (χ1n) is 6.91. The molecule has 0 unspecified atom stereocenters. The molecule has 5 heteroatoms. The fraction of sp³-hybridized carbons (Fsp3) is 0.571. The Balaban J connectivity index is 2.24. The van der Waals surface area contributed by atoms with Gasteiger partial charge in [-0.05, 0) is 49.1 Å². The lowest BCUT2D eigenvalue weighted by molar-refractivity contribution is 0.560.